The van der Waals surface area contributed by atoms with Crippen LogP contribution in [0.5, 0.6) is 5.75 Å². The highest BCUT2D eigenvalue weighted by molar-refractivity contribution is 5.87. The number of nitrogens with zero attached hydrogens (tertiary/aromatic N) is 1. The van der Waals surface area contributed by atoms with Crippen LogP contribution >= 0.6 is 0 Å². The zero-order valence-electron chi connectivity index (χ0n) is 9.51. The molecule has 0 spiro atoms. The molecule has 2 rings (SSSR count). The number of aromatic nitrogens is 1. The number of hydrogen-bond donors (Lipinski definition) is 0. The lowest BCUT2D eigenvalue weighted by atomic mass is 10.2. The second kappa shape index (κ2) is 4.39. The van der Waals surface area contributed by atoms with Crippen LogP contribution in [0.25, 0.3) is 10.9 Å². The van der Waals surface area contributed by atoms with E-state index in [9.17, 15) is 4.79 Å². The summed E-state index contributed by atoms with van der Waals surface area (Å²) < 4.78 is 7.63. The van der Waals surface area contributed by atoms with Gasteiger partial charge in [0.1, 0.15) is 12.0 Å². The first-order valence-electron chi connectivity index (χ1n) is 5.40. The van der Waals surface area contributed by atoms with Gasteiger partial charge in [-0.3, -0.25) is 0 Å². The fraction of sp³-hybridized carbons (Fsp3) is 0.308. The van der Waals surface area contributed by atoms with Crippen LogP contribution in [0.1, 0.15) is 13.8 Å². The van der Waals surface area contributed by atoms with Gasteiger partial charge in [-0.1, -0.05) is 6.07 Å². The van der Waals surface area contributed by atoms with E-state index in [1.54, 1.807) is 0 Å². The molecule has 0 aliphatic heterocycles. The van der Waals surface area contributed by atoms with Crippen molar-refractivity contribution in [3.05, 3.63) is 30.5 Å². The standard InChI is InChI=1S/C13H15NO2/c1-10(2)16-13-5-3-4-12-11(13)6-7-14(12)8-9-15/h3-7,9-10H,8H2,1-2H3. The zero-order chi connectivity index (χ0) is 11.5. The number of carbonyl (C=O) groups excluding carboxylic acids is 1. The largest absolute Gasteiger partial charge is 0.490 e. The first kappa shape index (κ1) is 10.7. The van der Waals surface area contributed by atoms with E-state index in [4.69, 9.17) is 4.74 Å². The Hall–Kier alpha value is -1.77. The summed E-state index contributed by atoms with van der Waals surface area (Å²) in [5, 5.41) is 1.05. The average Bonchev–Trinajstić information content (AvgIpc) is 2.63. The lowest BCUT2D eigenvalue weighted by Crippen LogP contribution is -2.05. The van der Waals surface area contributed by atoms with Gasteiger partial charge in [-0.05, 0) is 32.0 Å². The molecule has 0 fully saturated rings. The van der Waals surface area contributed by atoms with Gasteiger partial charge in [0, 0.05) is 11.6 Å². The van der Waals surface area contributed by atoms with E-state index in [0.29, 0.717) is 6.54 Å². The van der Waals surface area contributed by atoms with E-state index in [-0.39, 0.29) is 6.10 Å². The highest BCUT2D eigenvalue weighted by atomic mass is 16.5. The Bertz CT molecular complexity index is 500. The lowest BCUT2D eigenvalue weighted by molar-refractivity contribution is -0.108. The molecule has 1 aromatic heterocycles. The Kier molecular flexibility index (Phi) is 2.95. The summed E-state index contributed by atoms with van der Waals surface area (Å²) >= 11 is 0. The lowest BCUT2D eigenvalue weighted by Gasteiger charge is -2.10. The molecule has 0 aliphatic carbocycles. The predicted octanol–water partition coefficient (Wildman–Crippen LogP) is 2.63. The molecule has 0 saturated carbocycles. The third kappa shape index (κ3) is 1.94. The molecule has 1 aromatic carbocycles. The number of fused-ring (bicyclic) bond motifs is 1. The molecular formula is C13H15NO2. The van der Waals surface area contributed by atoms with Crippen molar-refractivity contribution in [2.75, 3.05) is 0 Å². The molecule has 0 saturated heterocycles. The Balaban J connectivity index is 2.48. The van der Waals surface area contributed by atoms with Gasteiger partial charge in [0.15, 0.2) is 0 Å². The molecule has 1 heterocycles. The van der Waals surface area contributed by atoms with Gasteiger partial charge in [-0.2, -0.15) is 0 Å². The molecule has 0 N–H and O–H groups in total. The minimum atomic E-state index is 0.153. The predicted molar refractivity (Wildman–Crippen MR) is 63.8 cm³/mol. The van der Waals surface area contributed by atoms with Crippen LogP contribution < -0.4 is 4.74 Å². The highest BCUT2D eigenvalue weighted by Crippen LogP contribution is 2.27. The maximum absolute atomic E-state index is 10.5. The summed E-state index contributed by atoms with van der Waals surface area (Å²) in [7, 11) is 0. The Labute approximate surface area is 94.6 Å². The zero-order valence-corrected chi connectivity index (χ0v) is 9.51. The molecule has 0 unspecified atom stereocenters. The summed E-state index contributed by atoms with van der Waals surface area (Å²) in [5.74, 6) is 0.872. The van der Waals surface area contributed by atoms with Crippen molar-refractivity contribution >= 4 is 17.2 Å². The van der Waals surface area contributed by atoms with E-state index in [1.807, 2.05) is 48.9 Å². The Morgan fingerprint density at radius 2 is 2.19 bits per heavy atom. The first-order chi connectivity index (χ1) is 7.72. The van der Waals surface area contributed by atoms with Crippen LogP contribution in [-0.2, 0) is 11.3 Å². The Morgan fingerprint density at radius 3 is 2.88 bits per heavy atom. The molecule has 84 valence electrons. The van der Waals surface area contributed by atoms with Crippen molar-refractivity contribution in [3.63, 3.8) is 0 Å². The second-order valence-corrected chi connectivity index (χ2v) is 3.99. The van der Waals surface area contributed by atoms with Gasteiger partial charge in [-0.25, -0.2) is 0 Å². The van der Waals surface area contributed by atoms with E-state index in [1.165, 1.54) is 0 Å². The van der Waals surface area contributed by atoms with Gasteiger partial charge < -0.3 is 14.1 Å². The monoisotopic (exact) mass is 217 g/mol. The SMILES string of the molecule is CC(C)Oc1cccc2c1ccn2CC=O. The highest BCUT2D eigenvalue weighted by Gasteiger charge is 2.07. The molecule has 2 aromatic rings. The molecule has 3 heteroatoms. The normalized spacial score (nSPS) is 10.9. The van der Waals surface area contributed by atoms with E-state index in [2.05, 4.69) is 0 Å². The molecule has 0 bridgehead atoms. The number of rotatable bonds is 4. The molecule has 0 aliphatic rings. The second-order valence-electron chi connectivity index (χ2n) is 3.99. The van der Waals surface area contributed by atoms with Crippen molar-refractivity contribution in [2.24, 2.45) is 0 Å². The number of carbonyl (C=O) groups is 1. The number of hydrogen-bond acceptors (Lipinski definition) is 2. The van der Waals surface area contributed by atoms with Crippen molar-refractivity contribution in [1.82, 2.24) is 4.57 Å². The van der Waals surface area contributed by atoms with E-state index < -0.39 is 0 Å². The fourth-order valence-corrected chi connectivity index (χ4v) is 1.79. The summed E-state index contributed by atoms with van der Waals surface area (Å²) in [6, 6.07) is 7.87. The van der Waals surface area contributed by atoms with Crippen LogP contribution in [0.15, 0.2) is 30.5 Å². The average molecular weight is 217 g/mol. The van der Waals surface area contributed by atoms with Crippen molar-refractivity contribution in [1.29, 1.82) is 0 Å². The van der Waals surface area contributed by atoms with Crippen LogP contribution in [0.2, 0.25) is 0 Å². The van der Waals surface area contributed by atoms with Gasteiger partial charge in [0.25, 0.3) is 0 Å². The minimum Gasteiger partial charge on any atom is -0.490 e. The van der Waals surface area contributed by atoms with Crippen molar-refractivity contribution < 1.29 is 9.53 Å². The van der Waals surface area contributed by atoms with Crippen molar-refractivity contribution in [2.45, 2.75) is 26.5 Å². The summed E-state index contributed by atoms with van der Waals surface area (Å²) in [6.07, 6.45) is 2.96. The first-order valence-corrected chi connectivity index (χ1v) is 5.40. The maximum atomic E-state index is 10.5. The maximum Gasteiger partial charge on any atom is 0.139 e. The third-order valence-electron chi connectivity index (χ3n) is 2.41. The van der Waals surface area contributed by atoms with Gasteiger partial charge >= 0.3 is 0 Å². The number of aldehydes is 1. The molecule has 16 heavy (non-hydrogen) atoms. The van der Waals surface area contributed by atoms with Crippen LogP contribution in [0.3, 0.4) is 0 Å². The third-order valence-corrected chi connectivity index (χ3v) is 2.41. The molecule has 0 amide bonds. The van der Waals surface area contributed by atoms with Crippen LogP contribution in [-0.4, -0.2) is 17.0 Å². The van der Waals surface area contributed by atoms with E-state index in [0.717, 1.165) is 22.9 Å². The quantitative estimate of drug-likeness (QED) is 0.737. The van der Waals surface area contributed by atoms with Gasteiger partial charge in [0.2, 0.25) is 0 Å². The van der Waals surface area contributed by atoms with Gasteiger partial charge in [-0.15, -0.1) is 0 Å². The number of ether oxygens (including phenoxy) is 1. The van der Waals surface area contributed by atoms with Crippen LogP contribution in [0.4, 0.5) is 0 Å². The molecule has 0 radical (unpaired) electrons. The van der Waals surface area contributed by atoms with Gasteiger partial charge in [0.05, 0.1) is 18.2 Å². The molecule has 3 nitrogen and oxygen atoms in total. The number of benzene rings is 1. The van der Waals surface area contributed by atoms with Crippen molar-refractivity contribution in [3.8, 4) is 5.75 Å². The fourth-order valence-electron chi connectivity index (χ4n) is 1.79. The summed E-state index contributed by atoms with van der Waals surface area (Å²) in [4.78, 5) is 10.5. The topological polar surface area (TPSA) is 31.2 Å². The molecule has 0 atom stereocenters. The molecular weight excluding hydrogens is 202 g/mol. The minimum absolute atomic E-state index is 0.153. The summed E-state index contributed by atoms with van der Waals surface area (Å²) in [5.41, 5.74) is 1.03. The Morgan fingerprint density at radius 1 is 1.38 bits per heavy atom. The summed E-state index contributed by atoms with van der Waals surface area (Å²) in [6.45, 7) is 4.39. The van der Waals surface area contributed by atoms with E-state index >= 15 is 0 Å². The van der Waals surface area contributed by atoms with Crippen LogP contribution in [0, 0.1) is 0 Å². The smallest absolute Gasteiger partial charge is 0.139 e.